The number of hydrogen-bond acceptors (Lipinski definition) is 3. The molecule has 0 radical (unpaired) electrons. The first kappa shape index (κ1) is 11.8. The van der Waals surface area contributed by atoms with Crippen LogP contribution in [-0.4, -0.2) is 17.5 Å². The molecule has 1 aliphatic heterocycles. The van der Waals surface area contributed by atoms with Gasteiger partial charge in [0.25, 0.3) is 5.79 Å². The van der Waals surface area contributed by atoms with Crippen LogP contribution in [0.4, 0.5) is 0 Å². The molecule has 3 nitrogen and oxygen atoms in total. The topological polar surface area (TPSA) is 38.7 Å². The third kappa shape index (κ3) is 1.97. The van der Waals surface area contributed by atoms with Gasteiger partial charge in [0.05, 0.1) is 0 Å². The zero-order valence-electron chi connectivity index (χ0n) is 10.8. The largest absolute Gasteiger partial charge is 0.448 e. The Kier molecular flexibility index (Phi) is 2.94. The summed E-state index contributed by atoms with van der Waals surface area (Å²) in [6.07, 6.45) is 5.58. The van der Waals surface area contributed by atoms with Crippen molar-refractivity contribution in [3.63, 3.8) is 0 Å². The minimum atomic E-state index is -0.401. The van der Waals surface area contributed by atoms with Crippen molar-refractivity contribution >= 4 is 0 Å². The summed E-state index contributed by atoms with van der Waals surface area (Å²) in [6.45, 7) is 2.17. The highest BCUT2D eigenvalue weighted by Gasteiger charge is 2.42. The molecule has 1 spiro atoms. The highest BCUT2D eigenvalue weighted by atomic mass is 16.7. The molecule has 0 saturated heterocycles. The Morgan fingerprint density at radius 2 is 1.89 bits per heavy atom. The normalized spacial score (nSPS) is 22.1. The number of rotatable bonds is 2. The second kappa shape index (κ2) is 4.47. The number of ether oxygens (including phenoxy) is 2. The van der Waals surface area contributed by atoms with Crippen LogP contribution in [0.3, 0.4) is 0 Å². The number of benzene rings is 1. The van der Waals surface area contributed by atoms with Crippen LogP contribution in [0.2, 0.25) is 0 Å². The van der Waals surface area contributed by atoms with E-state index in [1.165, 1.54) is 19.3 Å². The monoisotopic (exact) mass is 248 g/mol. The first-order chi connectivity index (χ1) is 8.72. The third-order valence-corrected chi connectivity index (χ3v) is 4.02. The van der Waals surface area contributed by atoms with Crippen LogP contribution in [0, 0.1) is 0 Å². The summed E-state index contributed by atoms with van der Waals surface area (Å²) in [5.41, 5.74) is 1.10. The van der Waals surface area contributed by atoms with Gasteiger partial charge in [0.1, 0.15) is 0 Å². The summed E-state index contributed by atoms with van der Waals surface area (Å²) in [4.78, 5) is 0. The minimum Gasteiger partial charge on any atom is -0.448 e. The van der Waals surface area contributed by atoms with E-state index in [0.29, 0.717) is 0 Å². The molecular weight excluding hydrogens is 228 g/mol. The quantitative estimate of drug-likeness (QED) is 0.873. The van der Waals surface area contributed by atoms with E-state index >= 15 is 0 Å². The van der Waals surface area contributed by atoms with Gasteiger partial charge in [-0.05, 0) is 30.5 Å². The highest BCUT2D eigenvalue weighted by Crippen LogP contribution is 2.46. The predicted octanol–water partition coefficient (Wildman–Crippen LogP) is 3.21. The van der Waals surface area contributed by atoms with E-state index in [-0.39, 0.29) is 12.5 Å². The van der Waals surface area contributed by atoms with E-state index in [4.69, 9.17) is 9.47 Å². The fraction of sp³-hybridized carbons (Fsp3) is 0.600. The average molecular weight is 248 g/mol. The van der Waals surface area contributed by atoms with Gasteiger partial charge in [-0.3, -0.25) is 0 Å². The van der Waals surface area contributed by atoms with Crippen molar-refractivity contribution in [1.29, 1.82) is 0 Å². The molecule has 1 fully saturated rings. The van der Waals surface area contributed by atoms with Crippen LogP contribution in [0.25, 0.3) is 0 Å². The molecule has 3 rings (SSSR count). The van der Waals surface area contributed by atoms with E-state index in [1.807, 2.05) is 25.1 Å². The molecule has 1 aromatic carbocycles. The molecule has 1 unspecified atom stereocenters. The maximum Gasteiger partial charge on any atom is 0.251 e. The maximum atomic E-state index is 9.21. The molecule has 0 aromatic heterocycles. The average Bonchev–Trinajstić information content (AvgIpc) is 2.74. The van der Waals surface area contributed by atoms with Crippen LogP contribution in [0.15, 0.2) is 18.2 Å². The summed E-state index contributed by atoms with van der Waals surface area (Å²) in [5.74, 6) is 1.43. The Labute approximate surface area is 108 Å². The van der Waals surface area contributed by atoms with Crippen molar-refractivity contribution in [2.45, 2.75) is 50.7 Å². The number of fused-ring (bicyclic) bond motifs is 1. The smallest absolute Gasteiger partial charge is 0.251 e. The second-order valence-electron chi connectivity index (χ2n) is 5.47. The molecule has 1 saturated carbocycles. The van der Waals surface area contributed by atoms with Crippen molar-refractivity contribution < 1.29 is 14.6 Å². The lowest BCUT2D eigenvalue weighted by Gasteiger charge is -2.31. The fourth-order valence-corrected chi connectivity index (χ4v) is 2.82. The van der Waals surface area contributed by atoms with Crippen LogP contribution < -0.4 is 9.47 Å². The Morgan fingerprint density at radius 3 is 2.61 bits per heavy atom. The fourth-order valence-electron chi connectivity index (χ4n) is 2.82. The van der Waals surface area contributed by atoms with Crippen LogP contribution in [0.1, 0.15) is 50.5 Å². The van der Waals surface area contributed by atoms with Crippen molar-refractivity contribution in [2.75, 3.05) is 6.61 Å². The summed E-state index contributed by atoms with van der Waals surface area (Å²) in [5, 5.41) is 9.21. The summed E-state index contributed by atoms with van der Waals surface area (Å²) in [7, 11) is 0. The number of hydrogen-bond donors (Lipinski definition) is 1. The molecule has 2 aliphatic rings. The summed E-state index contributed by atoms with van der Waals surface area (Å²) in [6, 6.07) is 6.00. The standard InChI is InChI=1S/C15H20O3/c1-11(10-16)12-5-6-13-14(9-12)18-15(17-13)7-3-2-4-8-15/h5-6,9,11,16H,2-4,7-8,10H2,1H3. The zero-order valence-corrected chi connectivity index (χ0v) is 10.8. The molecule has 18 heavy (non-hydrogen) atoms. The second-order valence-corrected chi connectivity index (χ2v) is 5.47. The lowest BCUT2D eigenvalue weighted by molar-refractivity contribution is -0.105. The molecule has 1 aliphatic carbocycles. The molecule has 1 aromatic rings. The van der Waals surface area contributed by atoms with Gasteiger partial charge in [0.2, 0.25) is 0 Å². The Morgan fingerprint density at radius 1 is 1.17 bits per heavy atom. The number of aliphatic hydroxyl groups excluding tert-OH is 1. The van der Waals surface area contributed by atoms with E-state index in [1.54, 1.807) is 0 Å². The lowest BCUT2D eigenvalue weighted by atomic mass is 9.94. The van der Waals surface area contributed by atoms with Crippen molar-refractivity contribution in [1.82, 2.24) is 0 Å². The van der Waals surface area contributed by atoms with Gasteiger partial charge in [-0.15, -0.1) is 0 Å². The molecule has 0 amide bonds. The van der Waals surface area contributed by atoms with Crippen molar-refractivity contribution in [3.05, 3.63) is 23.8 Å². The molecule has 0 bridgehead atoms. The SMILES string of the molecule is CC(CO)c1ccc2c(c1)OC1(CCCCC1)O2. The highest BCUT2D eigenvalue weighted by molar-refractivity contribution is 5.46. The molecule has 1 N–H and O–H groups in total. The molecule has 1 heterocycles. The first-order valence-corrected chi connectivity index (χ1v) is 6.85. The van der Waals surface area contributed by atoms with Gasteiger partial charge in [-0.1, -0.05) is 19.4 Å². The maximum absolute atomic E-state index is 9.21. The van der Waals surface area contributed by atoms with E-state index in [2.05, 4.69) is 0 Å². The first-order valence-electron chi connectivity index (χ1n) is 6.85. The van der Waals surface area contributed by atoms with Crippen LogP contribution >= 0.6 is 0 Å². The van der Waals surface area contributed by atoms with Crippen LogP contribution in [0.5, 0.6) is 11.5 Å². The minimum absolute atomic E-state index is 0.141. The van der Waals surface area contributed by atoms with Gasteiger partial charge in [0, 0.05) is 25.4 Å². The summed E-state index contributed by atoms with van der Waals surface area (Å²) >= 11 is 0. The van der Waals surface area contributed by atoms with E-state index in [0.717, 1.165) is 29.9 Å². The zero-order chi connectivity index (χ0) is 12.6. The van der Waals surface area contributed by atoms with Crippen LogP contribution in [-0.2, 0) is 0 Å². The van der Waals surface area contributed by atoms with Gasteiger partial charge < -0.3 is 14.6 Å². The van der Waals surface area contributed by atoms with Gasteiger partial charge in [-0.25, -0.2) is 0 Å². The predicted molar refractivity (Wildman–Crippen MR) is 69.0 cm³/mol. The van der Waals surface area contributed by atoms with Gasteiger partial charge >= 0.3 is 0 Å². The Bertz CT molecular complexity index is 435. The Balaban J connectivity index is 1.84. The lowest BCUT2D eigenvalue weighted by Crippen LogP contribution is -2.40. The molecule has 1 atom stereocenters. The van der Waals surface area contributed by atoms with Gasteiger partial charge in [0.15, 0.2) is 11.5 Å². The van der Waals surface area contributed by atoms with E-state index in [9.17, 15) is 5.11 Å². The molecular formula is C15H20O3. The third-order valence-electron chi connectivity index (χ3n) is 4.02. The molecule has 3 heteroatoms. The summed E-state index contributed by atoms with van der Waals surface area (Å²) < 4.78 is 12.1. The Hall–Kier alpha value is -1.22. The van der Waals surface area contributed by atoms with E-state index < -0.39 is 5.79 Å². The van der Waals surface area contributed by atoms with Crippen molar-refractivity contribution in [2.24, 2.45) is 0 Å². The van der Waals surface area contributed by atoms with Gasteiger partial charge in [-0.2, -0.15) is 0 Å². The number of aliphatic hydroxyl groups is 1. The molecule has 98 valence electrons. The van der Waals surface area contributed by atoms with Crippen molar-refractivity contribution in [3.8, 4) is 11.5 Å².